The standard InChI is InChI=1S/C23H31N3O.C19H25Cl2N3O3.C19H23ClN2.C11H21N3O2.C9H19N3O.CH5N.CH4/c27-23-11-12-24(19-23)17-22-18-25(15-20-7-3-1-4-8-20)13-14-26(22)16-21-9-5-2-6-10-21;1-13(25)23-6-7-24(15(11-23)10-22-5-4-16(26)12-22)19(27)9-14-2-3-17(20)18(21)8-14;20-13-19-16-21(14-17-7-3-1-4-8-17)11-12-22(19)15-18-9-5-2-6-10-18;1-9(15)14-5-3-12-10(7-14)6-13-4-2-11(16)8-13;13-9-1-4-12(7-9)6-8-5-10-2-3-11-8;1-2;/h1-10,22-23,27H,11-19H2;2-3,8,15-16,26H,4-7,9-12H2,1H3;1-10,19H,11-16H2;10-12,16H,2-8H2,1H3;8-11,13H,1-7H2;2H2,1H3;1H4/t22?,23-;15?,16-;;10?,11-;8?,9-;;/m00.00../s1. The highest BCUT2D eigenvalue weighted by Gasteiger charge is 2.36. The van der Waals surface area contributed by atoms with Gasteiger partial charge in [0.15, 0.2) is 0 Å². The second-order valence-electron chi connectivity index (χ2n) is 30.2. The summed E-state index contributed by atoms with van der Waals surface area (Å²) >= 11 is 18.3. The molecule has 9 saturated heterocycles. The van der Waals surface area contributed by atoms with Gasteiger partial charge in [-0.3, -0.25) is 53.6 Å². The molecule has 5 unspecified atom stereocenters. The molecule has 0 aromatic heterocycles. The lowest BCUT2D eigenvalue weighted by Crippen LogP contribution is -2.59. The maximum absolute atomic E-state index is 13.0. The summed E-state index contributed by atoms with van der Waals surface area (Å²) < 4.78 is 0. The van der Waals surface area contributed by atoms with Gasteiger partial charge in [0.05, 0.1) is 46.9 Å². The summed E-state index contributed by atoms with van der Waals surface area (Å²) in [6.45, 7) is 31.7. The molecule has 108 heavy (non-hydrogen) atoms. The third-order valence-electron chi connectivity index (χ3n) is 21.8. The number of rotatable bonds is 19. The number of hydrogen-bond acceptors (Lipinski definition) is 19. The fourth-order valence-electron chi connectivity index (χ4n) is 16.0. The maximum atomic E-state index is 13.0. The van der Waals surface area contributed by atoms with Crippen LogP contribution in [-0.2, 0) is 47.0 Å². The van der Waals surface area contributed by atoms with E-state index < -0.39 is 0 Å². The van der Waals surface area contributed by atoms with Crippen LogP contribution in [0.4, 0.5) is 0 Å². The average molecular weight is 1550 g/mol. The summed E-state index contributed by atoms with van der Waals surface area (Å²) in [7, 11) is 1.50. The summed E-state index contributed by atoms with van der Waals surface area (Å²) in [6, 6.07) is 50.0. The Bertz CT molecular complexity index is 3350. The van der Waals surface area contributed by atoms with E-state index in [1.54, 1.807) is 30.9 Å². The van der Waals surface area contributed by atoms with Gasteiger partial charge in [0.25, 0.3) is 0 Å². The Morgan fingerprint density at radius 1 is 0.417 bits per heavy atom. The van der Waals surface area contributed by atoms with Gasteiger partial charge in [-0.1, -0.05) is 158 Å². The minimum atomic E-state index is -0.308. The molecule has 9 aliphatic rings. The third-order valence-corrected chi connectivity index (χ3v) is 22.9. The van der Waals surface area contributed by atoms with Crippen LogP contribution in [0, 0.1) is 0 Å². The Morgan fingerprint density at radius 2 is 0.843 bits per heavy atom. The number of halogens is 3. The van der Waals surface area contributed by atoms with Gasteiger partial charge in [0, 0.05) is 247 Å². The van der Waals surface area contributed by atoms with Crippen LogP contribution in [0.5, 0.6) is 0 Å². The first kappa shape index (κ1) is 88.3. The number of nitrogens with one attached hydrogen (secondary N) is 3. The molecule has 0 saturated carbocycles. The predicted molar refractivity (Wildman–Crippen MR) is 437 cm³/mol. The van der Waals surface area contributed by atoms with Crippen LogP contribution >= 0.6 is 34.8 Å². The number of carbonyl (C=O) groups excluding carboxylic acids is 3. The molecule has 0 spiro atoms. The number of alkyl halides is 1. The Balaban J connectivity index is 0.000000172. The number of piperazine rings is 5. The molecule has 0 aliphatic carbocycles. The zero-order chi connectivity index (χ0) is 75.9. The molecule has 22 nitrogen and oxygen atoms in total. The minimum Gasteiger partial charge on any atom is -0.392 e. The van der Waals surface area contributed by atoms with Gasteiger partial charge in [0.1, 0.15) is 0 Å². The van der Waals surface area contributed by atoms with Crippen LogP contribution in [0.15, 0.2) is 140 Å². The number of aliphatic hydroxyl groups is 4. The Morgan fingerprint density at radius 3 is 1.28 bits per heavy atom. The van der Waals surface area contributed by atoms with E-state index in [4.69, 9.17) is 34.8 Å². The second-order valence-corrected chi connectivity index (χ2v) is 31.3. The third kappa shape index (κ3) is 30.0. The zero-order valence-electron chi connectivity index (χ0n) is 63.8. The summed E-state index contributed by atoms with van der Waals surface area (Å²) in [5.74, 6) is 0.894. The predicted octanol–water partition coefficient (Wildman–Crippen LogP) is 5.41. The molecule has 9 heterocycles. The maximum Gasteiger partial charge on any atom is 0.227 e. The lowest BCUT2D eigenvalue weighted by molar-refractivity contribution is -0.142. The monoisotopic (exact) mass is 1550 g/mol. The molecule has 0 radical (unpaired) electrons. The van der Waals surface area contributed by atoms with Crippen molar-refractivity contribution in [1.82, 2.24) is 69.8 Å². The molecule has 9 aliphatic heterocycles. The summed E-state index contributed by atoms with van der Waals surface area (Å²) in [6.07, 6.45) is 3.04. The van der Waals surface area contributed by atoms with Crippen molar-refractivity contribution in [3.05, 3.63) is 177 Å². The van der Waals surface area contributed by atoms with Gasteiger partial charge in [-0.2, -0.15) is 0 Å². The largest absolute Gasteiger partial charge is 0.392 e. The van der Waals surface area contributed by atoms with Gasteiger partial charge in [-0.05, 0) is 72.7 Å². The van der Waals surface area contributed by atoms with E-state index in [9.17, 15) is 34.8 Å². The van der Waals surface area contributed by atoms with E-state index in [0.717, 1.165) is 201 Å². The highest BCUT2D eigenvalue weighted by molar-refractivity contribution is 6.42. The Kier molecular flexibility index (Phi) is 38.7. The van der Waals surface area contributed by atoms with E-state index in [2.05, 4.69) is 182 Å². The van der Waals surface area contributed by atoms with Gasteiger partial charge in [0.2, 0.25) is 17.7 Å². The summed E-state index contributed by atoms with van der Waals surface area (Å²) in [5, 5.41) is 49.7. The molecule has 9 atom stereocenters. The molecular formula is C83H128Cl3N15O7. The van der Waals surface area contributed by atoms with E-state index in [1.165, 1.54) is 29.3 Å². The van der Waals surface area contributed by atoms with Crippen molar-refractivity contribution in [3.63, 3.8) is 0 Å². The van der Waals surface area contributed by atoms with Gasteiger partial charge >= 0.3 is 0 Å². The zero-order valence-corrected chi connectivity index (χ0v) is 66.1. The molecule has 14 rings (SSSR count). The number of nitrogens with zero attached hydrogens (tertiary/aromatic N) is 11. The quantitative estimate of drug-likeness (QED) is 0.0483. The van der Waals surface area contributed by atoms with Crippen LogP contribution < -0.4 is 21.7 Å². The normalized spacial score (nSPS) is 25.5. The van der Waals surface area contributed by atoms with E-state index in [1.807, 2.05) is 15.9 Å². The molecule has 9 fully saturated rings. The number of β-amino-alcohol motifs (C(OH)–C–C–N with tert-alkyl or cyclic N) is 4. The van der Waals surface area contributed by atoms with Crippen LogP contribution in [0.25, 0.3) is 0 Å². The van der Waals surface area contributed by atoms with Crippen molar-refractivity contribution >= 4 is 52.5 Å². The first-order valence-electron chi connectivity index (χ1n) is 39.2. The summed E-state index contributed by atoms with van der Waals surface area (Å²) in [4.78, 5) is 61.1. The molecule has 5 aromatic rings. The summed E-state index contributed by atoms with van der Waals surface area (Å²) in [5.41, 5.74) is 10.9. The van der Waals surface area contributed by atoms with Crippen molar-refractivity contribution < 1.29 is 34.8 Å². The molecular weight excluding hydrogens is 1430 g/mol. The number of nitrogens with two attached hydrogens (primary N) is 1. The van der Waals surface area contributed by atoms with Crippen molar-refractivity contribution in [2.24, 2.45) is 5.73 Å². The van der Waals surface area contributed by atoms with Crippen molar-refractivity contribution in [2.75, 3.05) is 190 Å². The fourth-order valence-corrected chi connectivity index (χ4v) is 16.6. The van der Waals surface area contributed by atoms with E-state index in [-0.39, 0.29) is 62.0 Å². The molecule has 5 aromatic carbocycles. The molecule has 25 heteroatoms. The lowest BCUT2D eigenvalue weighted by Gasteiger charge is -2.43. The fraction of sp³-hybridized carbons (Fsp3) is 0.602. The van der Waals surface area contributed by atoms with Crippen molar-refractivity contribution in [3.8, 4) is 0 Å². The SMILES string of the molecule is C.CC(=O)N1CCN(C(=O)Cc2ccc(Cl)c(Cl)c2)C(CN2CC[C@H](O)C2)C1.CC(=O)N1CCNC(CN2CC[C@H](O)C2)C1.CN.ClCC1CN(Cc2ccccc2)CCN1Cc1ccccc1.O[C@H]1CCN(CC2CN(Cc3ccccc3)CCN2Cc2ccccc2)C1.O[C@H]1CCN(CC2CNCCN2)C1. The van der Waals surface area contributed by atoms with Crippen molar-refractivity contribution in [1.29, 1.82) is 0 Å². The van der Waals surface area contributed by atoms with E-state index >= 15 is 0 Å². The highest BCUT2D eigenvalue weighted by Crippen LogP contribution is 2.26. The number of benzene rings is 5. The first-order valence-corrected chi connectivity index (χ1v) is 40.5. The highest BCUT2D eigenvalue weighted by atomic mass is 35.5. The number of likely N-dealkylation sites (tertiary alicyclic amines) is 4. The van der Waals surface area contributed by atoms with Gasteiger partial charge < -0.3 is 56.8 Å². The molecule has 3 amide bonds. The number of amides is 3. The van der Waals surface area contributed by atoms with Gasteiger partial charge in [-0.15, -0.1) is 11.6 Å². The average Bonchev–Trinajstić information content (AvgIpc) is 1.14. The topological polar surface area (TPSA) is 230 Å². The van der Waals surface area contributed by atoms with Gasteiger partial charge in [-0.25, -0.2) is 0 Å². The van der Waals surface area contributed by atoms with Crippen LogP contribution in [0.3, 0.4) is 0 Å². The number of aliphatic hydroxyl groups excluding tert-OH is 4. The lowest BCUT2D eigenvalue weighted by atomic mass is 10.1. The smallest absolute Gasteiger partial charge is 0.227 e. The number of carbonyl (C=O) groups is 3. The van der Waals surface area contributed by atoms with E-state index in [0.29, 0.717) is 72.8 Å². The first-order chi connectivity index (χ1) is 51.9. The Hall–Kier alpha value is -5.26. The Labute approximate surface area is 660 Å². The molecule has 598 valence electrons. The minimum absolute atomic E-state index is 0. The molecule has 9 N–H and O–H groups in total. The van der Waals surface area contributed by atoms with Crippen LogP contribution in [0.1, 0.15) is 74.8 Å². The second kappa shape index (κ2) is 47.3. The van der Waals surface area contributed by atoms with Crippen molar-refractivity contribution in [2.45, 2.75) is 134 Å². The van der Waals surface area contributed by atoms with Crippen LogP contribution in [-0.4, -0.2) is 336 Å². The van der Waals surface area contributed by atoms with Crippen LogP contribution in [0.2, 0.25) is 10.0 Å². The number of hydrogen-bond donors (Lipinski definition) is 8. The molecule has 0 bridgehead atoms.